The number of nitrogens with two attached hydrogens (primary N) is 1. The highest BCUT2D eigenvalue weighted by Gasteiger charge is 2.41. The molecule has 2 aliphatic rings. The topological polar surface area (TPSA) is 71.2 Å². The predicted molar refractivity (Wildman–Crippen MR) is 71.9 cm³/mol. The molecule has 1 saturated carbocycles. The van der Waals surface area contributed by atoms with Crippen LogP contribution in [0.3, 0.4) is 0 Å². The van der Waals surface area contributed by atoms with E-state index < -0.39 is 0 Å². The van der Waals surface area contributed by atoms with Crippen LogP contribution in [0.2, 0.25) is 0 Å². The SMILES string of the molecule is NNc1ncc(Br)cc1C(=O)N1CC2CCC1C2. The summed E-state index contributed by atoms with van der Waals surface area (Å²) in [5, 5.41) is 0. The molecule has 3 N–H and O–H groups in total. The number of anilines is 1. The fourth-order valence-corrected chi connectivity index (χ4v) is 3.38. The first-order valence-corrected chi connectivity index (χ1v) is 6.91. The van der Waals surface area contributed by atoms with Crippen LogP contribution >= 0.6 is 15.9 Å². The molecule has 1 aromatic heterocycles. The summed E-state index contributed by atoms with van der Waals surface area (Å²) in [6.07, 6.45) is 5.16. The second-order valence-corrected chi connectivity index (χ2v) is 5.90. The molecule has 2 bridgehead atoms. The molecule has 6 heteroatoms. The van der Waals surface area contributed by atoms with Crippen LogP contribution in [-0.4, -0.2) is 28.4 Å². The van der Waals surface area contributed by atoms with Gasteiger partial charge in [0.05, 0.1) is 5.56 Å². The molecule has 0 aromatic carbocycles. The van der Waals surface area contributed by atoms with Gasteiger partial charge in [-0.25, -0.2) is 10.8 Å². The Morgan fingerprint density at radius 1 is 1.56 bits per heavy atom. The van der Waals surface area contributed by atoms with Gasteiger partial charge in [-0.15, -0.1) is 0 Å². The molecule has 2 fully saturated rings. The molecule has 1 amide bonds. The van der Waals surface area contributed by atoms with E-state index in [9.17, 15) is 4.79 Å². The number of likely N-dealkylation sites (tertiary alicyclic amines) is 1. The highest BCUT2D eigenvalue weighted by molar-refractivity contribution is 9.10. The van der Waals surface area contributed by atoms with Crippen molar-refractivity contribution in [2.75, 3.05) is 12.0 Å². The predicted octanol–water partition coefficient (Wildman–Crippen LogP) is 1.75. The van der Waals surface area contributed by atoms with Crippen molar-refractivity contribution in [3.8, 4) is 0 Å². The molecule has 0 spiro atoms. The summed E-state index contributed by atoms with van der Waals surface area (Å²) in [6.45, 7) is 0.875. The number of hydrogen-bond acceptors (Lipinski definition) is 4. The van der Waals surface area contributed by atoms with Crippen molar-refractivity contribution in [2.45, 2.75) is 25.3 Å². The minimum Gasteiger partial charge on any atom is -0.335 e. The van der Waals surface area contributed by atoms with Gasteiger partial charge >= 0.3 is 0 Å². The number of hydrogen-bond donors (Lipinski definition) is 2. The molecule has 1 aliphatic heterocycles. The number of pyridine rings is 1. The third-order valence-electron chi connectivity index (χ3n) is 3.89. The van der Waals surface area contributed by atoms with Crippen molar-refractivity contribution in [1.29, 1.82) is 0 Å². The standard InChI is InChI=1S/C12H15BrN4O/c13-8-4-10(11(16-14)15-5-8)12(18)17-6-7-1-2-9(17)3-7/h4-5,7,9H,1-3,6,14H2,(H,15,16). The molecule has 1 aliphatic carbocycles. The zero-order valence-corrected chi connectivity index (χ0v) is 11.5. The highest BCUT2D eigenvalue weighted by Crippen LogP contribution is 2.38. The van der Waals surface area contributed by atoms with Crippen LogP contribution in [0.4, 0.5) is 5.82 Å². The number of fused-ring (bicyclic) bond motifs is 2. The monoisotopic (exact) mass is 310 g/mol. The molecular formula is C12H15BrN4O. The van der Waals surface area contributed by atoms with Gasteiger partial charge in [0.1, 0.15) is 0 Å². The van der Waals surface area contributed by atoms with E-state index in [1.54, 1.807) is 12.3 Å². The van der Waals surface area contributed by atoms with E-state index in [0.29, 0.717) is 23.3 Å². The van der Waals surface area contributed by atoms with E-state index in [1.807, 2.05) is 4.90 Å². The Labute approximate surface area is 114 Å². The summed E-state index contributed by atoms with van der Waals surface area (Å²) in [4.78, 5) is 18.6. The summed E-state index contributed by atoms with van der Waals surface area (Å²) in [5.41, 5.74) is 3.03. The lowest BCUT2D eigenvalue weighted by atomic mass is 10.1. The Balaban J connectivity index is 1.90. The minimum atomic E-state index is 0.0314. The average molecular weight is 311 g/mol. The molecule has 18 heavy (non-hydrogen) atoms. The van der Waals surface area contributed by atoms with Crippen LogP contribution in [0.15, 0.2) is 16.7 Å². The van der Waals surface area contributed by atoms with E-state index in [4.69, 9.17) is 5.84 Å². The maximum Gasteiger partial charge on any atom is 0.257 e. The molecule has 96 valence electrons. The number of amides is 1. The molecule has 5 nitrogen and oxygen atoms in total. The molecule has 0 radical (unpaired) electrons. The molecule has 1 aromatic rings. The fraction of sp³-hybridized carbons (Fsp3) is 0.500. The Morgan fingerprint density at radius 2 is 2.39 bits per heavy atom. The number of nitrogens with zero attached hydrogens (tertiary/aromatic N) is 2. The Kier molecular flexibility index (Phi) is 2.99. The first-order chi connectivity index (χ1) is 8.69. The van der Waals surface area contributed by atoms with Crippen molar-refractivity contribution in [1.82, 2.24) is 9.88 Å². The van der Waals surface area contributed by atoms with Crippen LogP contribution in [-0.2, 0) is 0 Å². The molecule has 2 heterocycles. The van der Waals surface area contributed by atoms with Gasteiger partial charge in [0.15, 0.2) is 5.82 Å². The number of hydrazine groups is 1. The summed E-state index contributed by atoms with van der Waals surface area (Å²) >= 11 is 3.34. The highest BCUT2D eigenvalue weighted by atomic mass is 79.9. The lowest BCUT2D eigenvalue weighted by Gasteiger charge is -2.27. The van der Waals surface area contributed by atoms with Gasteiger partial charge in [-0.05, 0) is 47.2 Å². The largest absolute Gasteiger partial charge is 0.335 e. The van der Waals surface area contributed by atoms with Gasteiger partial charge in [0.25, 0.3) is 5.91 Å². The third-order valence-corrected chi connectivity index (χ3v) is 4.33. The van der Waals surface area contributed by atoms with Crippen LogP contribution < -0.4 is 11.3 Å². The van der Waals surface area contributed by atoms with E-state index in [1.165, 1.54) is 6.42 Å². The fourth-order valence-electron chi connectivity index (χ4n) is 3.05. The minimum absolute atomic E-state index is 0.0314. The van der Waals surface area contributed by atoms with Crippen LogP contribution in [0.25, 0.3) is 0 Å². The van der Waals surface area contributed by atoms with Crippen LogP contribution in [0, 0.1) is 5.92 Å². The summed E-state index contributed by atoms with van der Waals surface area (Å²) in [6, 6.07) is 2.18. The second kappa shape index (κ2) is 4.51. The van der Waals surface area contributed by atoms with Gasteiger partial charge in [0, 0.05) is 23.3 Å². The second-order valence-electron chi connectivity index (χ2n) is 4.98. The van der Waals surface area contributed by atoms with E-state index in [-0.39, 0.29) is 5.91 Å². The summed E-state index contributed by atoms with van der Waals surface area (Å²) in [7, 11) is 0. The van der Waals surface area contributed by atoms with E-state index in [0.717, 1.165) is 23.9 Å². The van der Waals surface area contributed by atoms with Crippen molar-refractivity contribution in [3.63, 3.8) is 0 Å². The maximum atomic E-state index is 12.5. The van der Waals surface area contributed by atoms with Crippen molar-refractivity contribution >= 4 is 27.7 Å². The molecule has 2 unspecified atom stereocenters. The lowest BCUT2D eigenvalue weighted by molar-refractivity contribution is 0.0704. The summed E-state index contributed by atoms with van der Waals surface area (Å²) in [5.74, 6) is 6.57. The third kappa shape index (κ3) is 1.89. The number of nitrogen functional groups attached to an aromatic ring is 1. The van der Waals surface area contributed by atoms with Gasteiger partial charge in [-0.2, -0.15) is 0 Å². The maximum absolute atomic E-state index is 12.5. The smallest absolute Gasteiger partial charge is 0.257 e. The zero-order chi connectivity index (χ0) is 12.7. The van der Waals surface area contributed by atoms with E-state index >= 15 is 0 Å². The van der Waals surface area contributed by atoms with Crippen molar-refractivity contribution < 1.29 is 4.79 Å². The normalized spacial score (nSPS) is 25.6. The first-order valence-electron chi connectivity index (χ1n) is 6.12. The number of piperidine rings is 1. The number of nitrogens with one attached hydrogen (secondary N) is 1. The number of carbonyl (C=O) groups excluding carboxylic acids is 1. The summed E-state index contributed by atoms with van der Waals surface area (Å²) < 4.78 is 0.786. The number of carbonyl (C=O) groups is 1. The van der Waals surface area contributed by atoms with Gasteiger partial charge < -0.3 is 10.3 Å². The van der Waals surface area contributed by atoms with Gasteiger partial charge in [-0.3, -0.25) is 4.79 Å². The molecule has 1 saturated heterocycles. The van der Waals surface area contributed by atoms with E-state index in [2.05, 4.69) is 26.3 Å². The first kappa shape index (κ1) is 11.9. The van der Waals surface area contributed by atoms with Crippen molar-refractivity contribution in [2.24, 2.45) is 11.8 Å². The van der Waals surface area contributed by atoms with Crippen LogP contribution in [0.5, 0.6) is 0 Å². The molecule has 3 rings (SSSR count). The number of halogens is 1. The van der Waals surface area contributed by atoms with Crippen LogP contribution in [0.1, 0.15) is 29.6 Å². The Morgan fingerprint density at radius 3 is 3.00 bits per heavy atom. The van der Waals surface area contributed by atoms with Gasteiger partial charge in [0.2, 0.25) is 0 Å². The zero-order valence-electron chi connectivity index (χ0n) is 9.90. The molecular weight excluding hydrogens is 296 g/mol. The quantitative estimate of drug-likeness (QED) is 0.645. The van der Waals surface area contributed by atoms with Gasteiger partial charge in [-0.1, -0.05) is 0 Å². The number of rotatable bonds is 2. The lowest BCUT2D eigenvalue weighted by Crippen LogP contribution is -2.38. The Hall–Kier alpha value is -1.14. The van der Waals surface area contributed by atoms with Crippen molar-refractivity contribution in [3.05, 3.63) is 22.3 Å². The number of aromatic nitrogens is 1. The average Bonchev–Trinajstić information content (AvgIpc) is 3.00. The molecule has 2 atom stereocenters. The Bertz CT molecular complexity index is 493.